The van der Waals surface area contributed by atoms with Gasteiger partial charge in [-0.25, -0.2) is 0 Å². The lowest BCUT2D eigenvalue weighted by Crippen LogP contribution is -2.16. The van der Waals surface area contributed by atoms with E-state index in [-0.39, 0.29) is 5.41 Å². The average Bonchev–Trinajstić information content (AvgIpc) is 1.59. The predicted octanol–water partition coefficient (Wildman–Crippen LogP) is 23.3. The molecule has 12 aromatic carbocycles. The van der Waals surface area contributed by atoms with Gasteiger partial charge in [0.15, 0.2) is 0 Å². The third-order valence-electron chi connectivity index (χ3n) is 18.6. The van der Waals surface area contributed by atoms with E-state index in [9.17, 15) is 0 Å². The molecular weight excluding hydrogens is 1140 g/mol. The van der Waals surface area contributed by atoms with Gasteiger partial charge in [0.2, 0.25) is 0 Å². The summed E-state index contributed by atoms with van der Waals surface area (Å²) in [5.74, 6) is 0. The van der Waals surface area contributed by atoms with E-state index < -0.39 is 0 Å². The second-order valence-corrected chi connectivity index (χ2v) is 25.2. The quantitative estimate of drug-likeness (QED) is 0.137. The highest BCUT2D eigenvalue weighted by atomic mass is 32.1. The highest BCUT2D eigenvalue weighted by Gasteiger charge is 2.36. The number of aromatic nitrogens is 4. The van der Waals surface area contributed by atoms with Crippen LogP contribution in [0.15, 0.2) is 328 Å². The first-order valence-corrected chi connectivity index (χ1v) is 32.2. The molecule has 6 nitrogen and oxygen atoms in total. The molecule has 0 N–H and O–H groups in total. The van der Waals surface area contributed by atoms with E-state index in [1.165, 1.54) is 97.2 Å². The number of rotatable bonds is 10. The summed E-state index contributed by atoms with van der Waals surface area (Å²) < 4.78 is 7.41. The molecule has 436 valence electrons. The molecule has 0 amide bonds. The second-order valence-electron chi connectivity index (χ2n) is 24.1. The van der Waals surface area contributed by atoms with Gasteiger partial charge in [0.25, 0.3) is 0 Å². The SMILES string of the molecule is CC1(C)c2ccccc2-c2ccc(N(c3ccccc3)c3cccc4c3c3ccccc3n4-c3ccc(-c4ccncc4)cc3)cc21.c1ccc(N(c2ccc3sc4ccccc4c3c2)c2cccc3c2c2ccccc2n3-c2ccc(-c3ccncc3)cc2)cc1. The third kappa shape index (κ3) is 9.15. The first kappa shape index (κ1) is 54.5. The molecule has 0 aliphatic heterocycles. The van der Waals surface area contributed by atoms with Gasteiger partial charge >= 0.3 is 0 Å². The highest BCUT2D eigenvalue weighted by molar-refractivity contribution is 7.25. The van der Waals surface area contributed by atoms with E-state index in [1.54, 1.807) is 0 Å². The number of hydrogen-bond donors (Lipinski definition) is 0. The molecule has 0 saturated heterocycles. The third-order valence-corrected chi connectivity index (χ3v) is 19.7. The van der Waals surface area contributed by atoms with Crippen LogP contribution in [0.1, 0.15) is 25.0 Å². The molecule has 18 rings (SSSR count). The maximum absolute atomic E-state index is 4.19. The number of fused-ring (bicyclic) bond motifs is 12. The zero-order valence-electron chi connectivity index (χ0n) is 50.8. The summed E-state index contributed by atoms with van der Waals surface area (Å²) in [6, 6.07) is 110. The first-order valence-electron chi connectivity index (χ1n) is 31.3. The Morgan fingerprint density at radius 2 is 0.728 bits per heavy atom. The van der Waals surface area contributed by atoms with E-state index in [1.807, 2.05) is 36.1 Å². The molecule has 0 radical (unpaired) electrons. The molecule has 7 heteroatoms. The van der Waals surface area contributed by atoms with Crippen molar-refractivity contribution < 1.29 is 0 Å². The van der Waals surface area contributed by atoms with Crippen molar-refractivity contribution in [3.05, 3.63) is 339 Å². The summed E-state index contributed by atoms with van der Waals surface area (Å²) in [7, 11) is 0. The zero-order valence-corrected chi connectivity index (χ0v) is 51.6. The molecule has 0 atom stereocenters. The summed E-state index contributed by atoms with van der Waals surface area (Å²) >= 11 is 1.85. The fourth-order valence-electron chi connectivity index (χ4n) is 14.3. The maximum atomic E-state index is 4.19. The number of hydrogen-bond acceptors (Lipinski definition) is 5. The minimum absolute atomic E-state index is 0.0885. The van der Waals surface area contributed by atoms with Gasteiger partial charge in [-0.2, -0.15) is 0 Å². The van der Waals surface area contributed by atoms with Crippen LogP contribution in [-0.4, -0.2) is 19.1 Å². The van der Waals surface area contributed by atoms with Crippen LogP contribution in [0.3, 0.4) is 0 Å². The molecule has 0 fully saturated rings. The summed E-state index contributed by atoms with van der Waals surface area (Å²) in [5.41, 5.74) is 23.9. The van der Waals surface area contributed by atoms with Crippen molar-refractivity contribution in [2.75, 3.05) is 9.80 Å². The van der Waals surface area contributed by atoms with Crippen molar-refractivity contribution in [3.63, 3.8) is 0 Å². The van der Waals surface area contributed by atoms with Crippen LogP contribution in [0.4, 0.5) is 34.1 Å². The number of anilines is 6. The number of pyridine rings is 2. The smallest absolute Gasteiger partial charge is 0.0562 e. The van der Waals surface area contributed by atoms with Gasteiger partial charge in [0.05, 0.1) is 33.4 Å². The van der Waals surface area contributed by atoms with Gasteiger partial charge in [-0.15, -0.1) is 11.3 Å². The van der Waals surface area contributed by atoms with E-state index in [0.29, 0.717) is 0 Å². The summed E-state index contributed by atoms with van der Waals surface area (Å²) in [4.78, 5) is 13.2. The van der Waals surface area contributed by atoms with Crippen LogP contribution in [0, 0.1) is 0 Å². The summed E-state index contributed by atoms with van der Waals surface area (Å²) in [6.45, 7) is 4.70. The van der Waals surface area contributed by atoms with E-state index in [4.69, 9.17) is 0 Å². The minimum atomic E-state index is -0.0885. The van der Waals surface area contributed by atoms with Crippen LogP contribution < -0.4 is 9.80 Å². The average molecular weight is 1200 g/mol. The lowest BCUT2D eigenvalue weighted by Gasteiger charge is -2.28. The fourth-order valence-corrected chi connectivity index (χ4v) is 15.4. The number of thiophene rings is 1. The molecule has 0 spiro atoms. The predicted molar refractivity (Wildman–Crippen MR) is 388 cm³/mol. The highest BCUT2D eigenvalue weighted by Crippen LogP contribution is 2.52. The topological polar surface area (TPSA) is 42.1 Å². The number of nitrogens with zero attached hydrogens (tertiary/aromatic N) is 6. The molecule has 0 saturated carbocycles. The van der Waals surface area contributed by atoms with Crippen LogP contribution >= 0.6 is 11.3 Å². The van der Waals surface area contributed by atoms with Crippen molar-refractivity contribution in [1.82, 2.24) is 19.1 Å². The van der Waals surface area contributed by atoms with E-state index in [2.05, 4.69) is 346 Å². The zero-order chi connectivity index (χ0) is 61.3. The molecule has 1 aliphatic carbocycles. The Labute approximate surface area is 538 Å². The van der Waals surface area contributed by atoms with Crippen LogP contribution in [-0.2, 0) is 5.41 Å². The van der Waals surface area contributed by atoms with Crippen molar-refractivity contribution in [2.45, 2.75) is 19.3 Å². The first-order chi connectivity index (χ1) is 45.4. The molecule has 92 heavy (non-hydrogen) atoms. The van der Waals surface area contributed by atoms with E-state index in [0.717, 1.165) is 56.6 Å². The standard InChI is InChI=1S/C44H33N3.C41H27N3S/c1-44(2)38-15-8-6-13-35(38)36-24-23-34(29-39(36)44)46(32-11-4-3-5-12-32)41-17-10-18-42-43(41)37-14-7-9-16-40(37)47(42)33-21-19-30(20-22-33)31-25-27-45-28-26-31;1-2-9-30(10-3-1)43(32-21-22-40-35(27-32)33-11-5-7-16-39(33)45-40)37-14-8-15-38-41(37)34-12-4-6-13-36(34)44(38)31-19-17-28(18-20-31)29-23-25-42-26-24-29/h3-29H,1-2H3;1-27H. The molecule has 5 heterocycles. The lowest BCUT2D eigenvalue weighted by molar-refractivity contribution is 0.660. The normalized spacial score (nSPS) is 12.3. The Morgan fingerprint density at radius 1 is 0.304 bits per heavy atom. The fraction of sp³-hybridized carbons (Fsp3) is 0.0353. The maximum Gasteiger partial charge on any atom is 0.0562 e. The number of benzene rings is 12. The van der Waals surface area contributed by atoms with Gasteiger partial charge in [-0.05, 0) is 190 Å². The van der Waals surface area contributed by atoms with Gasteiger partial charge in [-0.3, -0.25) is 9.97 Å². The lowest BCUT2D eigenvalue weighted by atomic mass is 9.82. The molecule has 1 aliphatic rings. The van der Waals surface area contributed by atoms with Crippen molar-refractivity contribution >= 4 is 109 Å². The van der Waals surface area contributed by atoms with Gasteiger partial charge in [0, 0.05) is 106 Å². The molecule has 17 aromatic rings. The second kappa shape index (κ2) is 22.4. The summed E-state index contributed by atoms with van der Waals surface area (Å²) in [6.07, 6.45) is 7.37. The van der Waals surface area contributed by atoms with Gasteiger partial charge in [0.1, 0.15) is 0 Å². The molecule has 0 unspecified atom stereocenters. The molecule has 0 bridgehead atoms. The van der Waals surface area contributed by atoms with Crippen LogP contribution in [0.5, 0.6) is 0 Å². The summed E-state index contributed by atoms with van der Waals surface area (Å²) in [5, 5.41) is 7.50. The minimum Gasteiger partial charge on any atom is -0.310 e. The monoisotopic (exact) mass is 1200 g/mol. The Bertz CT molecular complexity index is 5600. The van der Waals surface area contributed by atoms with Crippen LogP contribution in [0.2, 0.25) is 0 Å². The molecule has 5 aromatic heterocycles. The van der Waals surface area contributed by atoms with Gasteiger partial charge < -0.3 is 18.9 Å². The van der Waals surface area contributed by atoms with Crippen molar-refractivity contribution in [2.24, 2.45) is 0 Å². The van der Waals surface area contributed by atoms with E-state index >= 15 is 0 Å². The largest absolute Gasteiger partial charge is 0.310 e. The Kier molecular flexibility index (Phi) is 13.3. The van der Waals surface area contributed by atoms with Gasteiger partial charge in [-0.1, -0.05) is 172 Å². The Morgan fingerprint density at radius 3 is 1.28 bits per heavy atom. The van der Waals surface area contributed by atoms with Crippen molar-refractivity contribution in [3.8, 4) is 44.8 Å². The Balaban J connectivity index is 0.000000141. The van der Waals surface area contributed by atoms with Crippen LogP contribution in [0.25, 0.3) is 109 Å². The number of para-hydroxylation sites is 4. The Hall–Kier alpha value is -11.6. The molecular formula is C85H60N6S. The van der Waals surface area contributed by atoms with Crippen molar-refractivity contribution in [1.29, 1.82) is 0 Å².